The van der Waals surface area contributed by atoms with Crippen molar-refractivity contribution in [2.75, 3.05) is 13.0 Å². The number of carbonyl (C=O) groups is 2. The lowest BCUT2D eigenvalue weighted by molar-refractivity contribution is -0.177. The molecular formula is C11H21O4P. The Labute approximate surface area is 99.3 Å². The summed E-state index contributed by atoms with van der Waals surface area (Å²) in [5, 5.41) is 0. The molecule has 0 amide bonds. The highest BCUT2D eigenvalue weighted by molar-refractivity contribution is 7.16. The second-order valence-electron chi connectivity index (χ2n) is 5.32. The third-order valence-electron chi connectivity index (χ3n) is 2.06. The first-order chi connectivity index (χ1) is 7.11. The normalized spacial score (nSPS) is 12.1. The molecule has 0 radical (unpaired) electrons. The van der Waals surface area contributed by atoms with Gasteiger partial charge in [0.05, 0.1) is 10.8 Å². The van der Waals surface area contributed by atoms with E-state index in [-0.39, 0.29) is 18.7 Å². The molecule has 0 aliphatic carbocycles. The van der Waals surface area contributed by atoms with E-state index < -0.39 is 10.8 Å². The van der Waals surface area contributed by atoms with Crippen molar-refractivity contribution in [3.8, 4) is 0 Å². The molecule has 0 spiro atoms. The van der Waals surface area contributed by atoms with Gasteiger partial charge >= 0.3 is 11.9 Å². The Morgan fingerprint density at radius 3 is 1.81 bits per heavy atom. The fraction of sp³-hybridized carbons (Fsp3) is 0.818. The van der Waals surface area contributed by atoms with Gasteiger partial charge in [-0.25, -0.2) is 0 Å². The summed E-state index contributed by atoms with van der Waals surface area (Å²) >= 11 is 0. The number of hydrogen-bond donors (Lipinski definition) is 0. The van der Waals surface area contributed by atoms with Crippen molar-refractivity contribution in [2.24, 2.45) is 10.8 Å². The maximum Gasteiger partial charge on any atom is 0.314 e. The molecule has 1 unspecified atom stereocenters. The van der Waals surface area contributed by atoms with Crippen molar-refractivity contribution < 1.29 is 19.1 Å². The van der Waals surface area contributed by atoms with Crippen molar-refractivity contribution in [3.63, 3.8) is 0 Å². The molecule has 0 rings (SSSR count). The zero-order valence-corrected chi connectivity index (χ0v) is 11.8. The van der Waals surface area contributed by atoms with Gasteiger partial charge in [-0.05, 0) is 40.8 Å². The summed E-state index contributed by atoms with van der Waals surface area (Å²) in [6.45, 7) is 8.45. The van der Waals surface area contributed by atoms with Crippen LogP contribution in [0.15, 0.2) is 0 Å². The Morgan fingerprint density at radius 1 is 1.00 bits per heavy atom. The van der Waals surface area contributed by atoms with Crippen LogP contribution in [0.1, 0.15) is 34.6 Å². The molecule has 0 aromatic heterocycles. The van der Waals surface area contributed by atoms with Crippen molar-refractivity contribution in [2.45, 2.75) is 34.6 Å². The number of hydrogen-bond acceptors (Lipinski definition) is 4. The van der Waals surface area contributed by atoms with E-state index in [2.05, 4.69) is 9.24 Å². The smallest absolute Gasteiger partial charge is 0.314 e. The molecule has 0 aliphatic heterocycles. The lowest BCUT2D eigenvalue weighted by Crippen LogP contribution is -2.30. The second kappa shape index (κ2) is 5.62. The first-order valence-corrected chi connectivity index (χ1v) is 5.97. The summed E-state index contributed by atoms with van der Waals surface area (Å²) in [5.41, 5.74) is -1.15. The minimum atomic E-state index is -0.581. The third-order valence-corrected chi connectivity index (χ3v) is 3.08. The molecule has 0 saturated heterocycles. The largest absolute Gasteiger partial charge is 0.427 e. The average molecular weight is 248 g/mol. The number of rotatable bonds is 4. The maximum atomic E-state index is 11.5. The van der Waals surface area contributed by atoms with Crippen LogP contribution in [-0.2, 0) is 19.1 Å². The van der Waals surface area contributed by atoms with E-state index in [1.165, 1.54) is 0 Å². The Bertz CT molecular complexity index is 266. The monoisotopic (exact) mass is 248 g/mol. The van der Waals surface area contributed by atoms with Gasteiger partial charge in [-0.1, -0.05) is 0 Å². The SMILES string of the molecule is CC(C)(C)C(=O)OCOC(=O)C(C)(C)CP. The number of carbonyl (C=O) groups excluding carboxylic acids is 2. The molecule has 0 saturated carbocycles. The van der Waals surface area contributed by atoms with Gasteiger partial charge in [0, 0.05) is 0 Å². The van der Waals surface area contributed by atoms with E-state index in [1.54, 1.807) is 34.6 Å². The standard InChI is InChI=1S/C11H21O4P/c1-10(2,3)8(12)14-7-15-9(13)11(4,5)6-16/h6-7,16H2,1-5H3. The van der Waals surface area contributed by atoms with E-state index in [0.717, 1.165) is 0 Å². The summed E-state index contributed by atoms with van der Waals surface area (Å²) in [4.78, 5) is 22.8. The molecule has 0 fully saturated rings. The molecule has 0 aromatic rings. The topological polar surface area (TPSA) is 52.6 Å². The van der Waals surface area contributed by atoms with Crippen LogP contribution < -0.4 is 0 Å². The summed E-state index contributed by atoms with van der Waals surface area (Å²) in [6, 6.07) is 0. The minimum Gasteiger partial charge on any atom is -0.427 e. The molecule has 0 heterocycles. The van der Waals surface area contributed by atoms with E-state index in [9.17, 15) is 9.59 Å². The predicted octanol–water partition coefficient (Wildman–Crippen LogP) is 1.98. The van der Waals surface area contributed by atoms with Gasteiger partial charge in [0.2, 0.25) is 6.79 Å². The Morgan fingerprint density at radius 2 is 1.44 bits per heavy atom. The van der Waals surface area contributed by atoms with Crippen molar-refractivity contribution >= 4 is 21.2 Å². The molecular weight excluding hydrogens is 227 g/mol. The Balaban J connectivity index is 4.02. The Kier molecular flexibility index (Phi) is 5.40. The van der Waals surface area contributed by atoms with Gasteiger partial charge in [0.25, 0.3) is 0 Å². The molecule has 0 bridgehead atoms. The van der Waals surface area contributed by atoms with Gasteiger partial charge in [0.15, 0.2) is 0 Å². The van der Waals surface area contributed by atoms with E-state index in [4.69, 9.17) is 9.47 Å². The predicted molar refractivity (Wildman–Crippen MR) is 64.9 cm³/mol. The quantitative estimate of drug-likeness (QED) is 0.433. The van der Waals surface area contributed by atoms with E-state index in [1.807, 2.05) is 0 Å². The third kappa shape index (κ3) is 4.93. The van der Waals surface area contributed by atoms with Crippen molar-refractivity contribution in [1.82, 2.24) is 0 Å². The number of esters is 2. The number of ether oxygens (including phenoxy) is 2. The molecule has 94 valence electrons. The second-order valence-corrected chi connectivity index (χ2v) is 5.73. The summed E-state index contributed by atoms with van der Waals surface area (Å²) in [6.07, 6.45) is 0.596. The summed E-state index contributed by atoms with van der Waals surface area (Å²) in [5.74, 6) is -0.756. The molecule has 0 aliphatic rings. The fourth-order valence-electron chi connectivity index (χ4n) is 0.632. The van der Waals surface area contributed by atoms with Crippen LogP contribution in [0.5, 0.6) is 0 Å². The zero-order valence-electron chi connectivity index (χ0n) is 10.6. The van der Waals surface area contributed by atoms with Gasteiger partial charge < -0.3 is 9.47 Å². The fourth-order valence-corrected chi connectivity index (χ4v) is 0.798. The van der Waals surface area contributed by atoms with Crippen molar-refractivity contribution in [3.05, 3.63) is 0 Å². The highest BCUT2D eigenvalue weighted by atomic mass is 31.0. The van der Waals surface area contributed by atoms with Crippen molar-refractivity contribution in [1.29, 1.82) is 0 Å². The van der Waals surface area contributed by atoms with Crippen LogP contribution in [0.3, 0.4) is 0 Å². The lowest BCUT2D eigenvalue weighted by Gasteiger charge is -2.21. The van der Waals surface area contributed by atoms with Crippen LogP contribution in [0.25, 0.3) is 0 Å². The molecule has 0 aromatic carbocycles. The summed E-state index contributed by atoms with van der Waals surface area (Å²) < 4.78 is 9.70. The van der Waals surface area contributed by atoms with Crippen LogP contribution in [0, 0.1) is 10.8 Å². The van der Waals surface area contributed by atoms with Gasteiger partial charge in [-0.15, -0.1) is 9.24 Å². The van der Waals surface area contributed by atoms with E-state index >= 15 is 0 Å². The van der Waals surface area contributed by atoms with Gasteiger partial charge in [0.1, 0.15) is 0 Å². The van der Waals surface area contributed by atoms with Gasteiger partial charge in [-0.3, -0.25) is 9.59 Å². The minimum absolute atomic E-state index is 0.316. The molecule has 0 N–H and O–H groups in total. The zero-order chi connectivity index (χ0) is 13.0. The first kappa shape index (κ1) is 15.4. The van der Waals surface area contributed by atoms with Crippen LogP contribution in [-0.4, -0.2) is 24.9 Å². The molecule has 4 nitrogen and oxygen atoms in total. The van der Waals surface area contributed by atoms with Crippen LogP contribution >= 0.6 is 9.24 Å². The highest BCUT2D eigenvalue weighted by Crippen LogP contribution is 2.20. The van der Waals surface area contributed by atoms with E-state index in [0.29, 0.717) is 6.16 Å². The maximum absolute atomic E-state index is 11.5. The van der Waals surface area contributed by atoms with Crippen LogP contribution in [0.4, 0.5) is 0 Å². The molecule has 5 heteroatoms. The molecule has 1 atom stereocenters. The van der Waals surface area contributed by atoms with Gasteiger partial charge in [-0.2, -0.15) is 0 Å². The average Bonchev–Trinajstić information content (AvgIpc) is 2.15. The Hall–Kier alpha value is -0.630. The summed E-state index contributed by atoms with van der Waals surface area (Å²) in [7, 11) is 2.49. The highest BCUT2D eigenvalue weighted by Gasteiger charge is 2.28. The molecule has 16 heavy (non-hydrogen) atoms. The lowest BCUT2D eigenvalue weighted by atomic mass is 9.97. The first-order valence-electron chi connectivity index (χ1n) is 5.16. The van der Waals surface area contributed by atoms with Crippen LogP contribution in [0.2, 0.25) is 0 Å².